The van der Waals surface area contributed by atoms with Crippen molar-refractivity contribution in [2.45, 2.75) is 25.9 Å². The van der Waals surface area contributed by atoms with Gasteiger partial charge < -0.3 is 15.2 Å². The number of aliphatic hydroxyl groups is 1. The van der Waals surface area contributed by atoms with E-state index < -0.39 is 0 Å². The van der Waals surface area contributed by atoms with Crippen LogP contribution in [0, 0.1) is 6.92 Å². The quantitative estimate of drug-likeness (QED) is 0.512. The number of aliphatic hydroxyl groups excluding tert-OH is 1. The van der Waals surface area contributed by atoms with Crippen molar-refractivity contribution < 1.29 is 14.6 Å². The van der Waals surface area contributed by atoms with Crippen LogP contribution in [-0.2, 0) is 9.53 Å². The fourth-order valence-electron chi connectivity index (χ4n) is 3.48. The first kappa shape index (κ1) is 21.0. The number of hydrogen-bond donors (Lipinski definition) is 2. The second kappa shape index (κ2) is 8.84. The number of amides is 1. The minimum atomic E-state index is -0.298. The Kier molecular flexibility index (Phi) is 6.19. The number of aryl methyl sites for hydroxylation is 1. The molecule has 0 bridgehead atoms. The summed E-state index contributed by atoms with van der Waals surface area (Å²) in [5.74, 6) is 0.0876. The molecule has 2 fully saturated rings. The molecule has 30 heavy (non-hydrogen) atoms. The van der Waals surface area contributed by atoms with Crippen molar-refractivity contribution in [2.75, 3.05) is 31.6 Å². The number of thiocarbonyl (C=S) groups is 1. The van der Waals surface area contributed by atoms with Gasteiger partial charge in [0.1, 0.15) is 15.8 Å². The van der Waals surface area contributed by atoms with Gasteiger partial charge in [-0.05, 0) is 37.5 Å². The Hall–Kier alpha value is -2.27. The monoisotopic (exact) mass is 446 g/mol. The maximum atomic E-state index is 13.2. The smallest absolute Gasteiger partial charge is 0.267 e. The lowest BCUT2D eigenvalue weighted by molar-refractivity contribution is -0.123. The first-order chi connectivity index (χ1) is 14.5. The average molecular weight is 447 g/mol. The molecule has 0 aliphatic carbocycles. The van der Waals surface area contributed by atoms with E-state index in [1.165, 1.54) is 16.2 Å². The summed E-state index contributed by atoms with van der Waals surface area (Å²) in [7, 11) is 0. The lowest BCUT2D eigenvalue weighted by Gasteiger charge is -2.18. The Morgan fingerprint density at radius 1 is 1.43 bits per heavy atom. The zero-order chi connectivity index (χ0) is 21.3. The molecule has 0 spiro atoms. The summed E-state index contributed by atoms with van der Waals surface area (Å²) in [6.07, 6.45) is 5.12. The first-order valence-electron chi connectivity index (χ1n) is 9.72. The van der Waals surface area contributed by atoms with Gasteiger partial charge in [0.05, 0.1) is 29.7 Å². The van der Waals surface area contributed by atoms with Gasteiger partial charge in [0.25, 0.3) is 11.5 Å². The van der Waals surface area contributed by atoms with Crippen LogP contribution in [0.25, 0.3) is 11.7 Å². The summed E-state index contributed by atoms with van der Waals surface area (Å²) in [6, 6.07) is 3.62. The van der Waals surface area contributed by atoms with Crippen molar-refractivity contribution in [2.24, 2.45) is 0 Å². The van der Waals surface area contributed by atoms with Gasteiger partial charge in [-0.3, -0.25) is 18.9 Å². The SMILES string of the molecule is Cc1ccc2nc(NCCO)c(/C=C3/SC(=S)N(C[C@@H]4CCCO4)C3=O)c(=O)n2c1. The lowest BCUT2D eigenvalue weighted by Crippen LogP contribution is -2.35. The first-order valence-corrected chi connectivity index (χ1v) is 10.9. The van der Waals surface area contributed by atoms with Crippen molar-refractivity contribution in [3.63, 3.8) is 0 Å². The van der Waals surface area contributed by atoms with Crippen molar-refractivity contribution in [1.29, 1.82) is 0 Å². The largest absolute Gasteiger partial charge is 0.395 e. The van der Waals surface area contributed by atoms with Crippen LogP contribution in [0.1, 0.15) is 24.0 Å². The zero-order valence-corrected chi connectivity index (χ0v) is 18.1. The van der Waals surface area contributed by atoms with E-state index in [1.54, 1.807) is 23.2 Å². The fourth-order valence-corrected chi connectivity index (χ4v) is 4.74. The van der Waals surface area contributed by atoms with E-state index in [0.717, 1.165) is 18.4 Å². The van der Waals surface area contributed by atoms with Gasteiger partial charge in [0.2, 0.25) is 0 Å². The number of nitrogens with one attached hydrogen (secondary N) is 1. The predicted octanol–water partition coefficient (Wildman–Crippen LogP) is 1.79. The number of fused-ring (bicyclic) bond motifs is 1. The number of thioether (sulfide) groups is 1. The molecule has 2 aromatic heterocycles. The molecule has 2 aliphatic heterocycles. The average Bonchev–Trinajstić information content (AvgIpc) is 3.33. The molecule has 158 valence electrons. The summed E-state index contributed by atoms with van der Waals surface area (Å²) in [6.45, 7) is 3.13. The van der Waals surface area contributed by atoms with Gasteiger partial charge in [-0.2, -0.15) is 0 Å². The number of carbonyl (C=O) groups is 1. The maximum absolute atomic E-state index is 13.2. The molecule has 2 aromatic rings. The topological polar surface area (TPSA) is 96.2 Å². The molecule has 1 amide bonds. The maximum Gasteiger partial charge on any atom is 0.267 e. The van der Waals surface area contributed by atoms with E-state index in [9.17, 15) is 14.7 Å². The highest BCUT2D eigenvalue weighted by Crippen LogP contribution is 2.34. The molecule has 10 heteroatoms. The van der Waals surface area contributed by atoms with Crippen LogP contribution in [-0.4, -0.2) is 62.0 Å². The van der Waals surface area contributed by atoms with Gasteiger partial charge in [-0.25, -0.2) is 4.98 Å². The lowest BCUT2D eigenvalue weighted by atomic mass is 10.2. The van der Waals surface area contributed by atoms with E-state index in [1.807, 2.05) is 13.0 Å². The molecule has 4 rings (SSSR count). The second-order valence-corrected chi connectivity index (χ2v) is 8.87. The number of rotatable bonds is 6. The van der Waals surface area contributed by atoms with Crippen LogP contribution in [0.2, 0.25) is 0 Å². The minimum absolute atomic E-state index is 0.00966. The molecule has 8 nitrogen and oxygen atoms in total. The van der Waals surface area contributed by atoms with E-state index in [4.69, 9.17) is 17.0 Å². The Bertz CT molecular complexity index is 1090. The summed E-state index contributed by atoms with van der Waals surface area (Å²) < 4.78 is 7.54. The molecule has 2 N–H and O–H groups in total. The number of carbonyl (C=O) groups excluding carboxylic acids is 1. The Morgan fingerprint density at radius 3 is 3.00 bits per heavy atom. The van der Waals surface area contributed by atoms with Crippen molar-refractivity contribution in [1.82, 2.24) is 14.3 Å². The van der Waals surface area contributed by atoms with Crippen LogP contribution in [0.3, 0.4) is 0 Å². The fraction of sp³-hybridized carbons (Fsp3) is 0.400. The molecule has 4 heterocycles. The molecule has 0 aromatic carbocycles. The van der Waals surface area contributed by atoms with E-state index in [0.29, 0.717) is 33.8 Å². The molecular formula is C20H22N4O4S2. The molecule has 0 unspecified atom stereocenters. The van der Waals surface area contributed by atoms with Gasteiger partial charge >= 0.3 is 0 Å². The van der Waals surface area contributed by atoms with Gasteiger partial charge in [-0.1, -0.05) is 30.0 Å². The summed E-state index contributed by atoms with van der Waals surface area (Å²) >= 11 is 6.57. The number of anilines is 1. The molecule has 0 radical (unpaired) electrons. The Labute approximate surface area is 182 Å². The highest BCUT2D eigenvalue weighted by molar-refractivity contribution is 8.26. The van der Waals surface area contributed by atoms with Gasteiger partial charge in [-0.15, -0.1) is 0 Å². The summed E-state index contributed by atoms with van der Waals surface area (Å²) in [4.78, 5) is 32.6. The normalized spacial score (nSPS) is 20.7. The van der Waals surface area contributed by atoms with Crippen LogP contribution in [0.4, 0.5) is 5.82 Å². The Morgan fingerprint density at radius 2 is 2.27 bits per heavy atom. The van der Waals surface area contributed by atoms with Crippen molar-refractivity contribution in [3.05, 3.63) is 44.7 Å². The molecule has 0 saturated carbocycles. The van der Waals surface area contributed by atoms with Crippen LogP contribution in [0.5, 0.6) is 0 Å². The van der Waals surface area contributed by atoms with Gasteiger partial charge in [0, 0.05) is 19.3 Å². The predicted molar refractivity (Wildman–Crippen MR) is 121 cm³/mol. The van der Waals surface area contributed by atoms with Crippen LogP contribution in [0.15, 0.2) is 28.0 Å². The molecular weight excluding hydrogens is 424 g/mol. The zero-order valence-electron chi connectivity index (χ0n) is 16.5. The molecule has 2 aliphatic rings. The van der Waals surface area contributed by atoms with E-state index in [2.05, 4.69) is 10.3 Å². The third kappa shape index (κ3) is 4.13. The minimum Gasteiger partial charge on any atom is -0.395 e. The van der Waals surface area contributed by atoms with Gasteiger partial charge in [0.15, 0.2) is 0 Å². The third-order valence-electron chi connectivity index (χ3n) is 4.97. The van der Waals surface area contributed by atoms with E-state index in [-0.39, 0.29) is 36.3 Å². The molecule has 1 atom stereocenters. The van der Waals surface area contributed by atoms with Crippen molar-refractivity contribution in [3.8, 4) is 0 Å². The third-order valence-corrected chi connectivity index (χ3v) is 6.35. The highest BCUT2D eigenvalue weighted by atomic mass is 32.2. The molecule has 2 saturated heterocycles. The van der Waals surface area contributed by atoms with Crippen molar-refractivity contribution >= 4 is 51.7 Å². The highest BCUT2D eigenvalue weighted by Gasteiger charge is 2.35. The number of aromatic nitrogens is 2. The Balaban J connectivity index is 1.73. The number of hydrogen-bond acceptors (Lipinski definition) is 8. The number of nitrogens with zero attached hydrogens (tertiary/aromatic N) is 3. The summed E-state index contributed by atoms with van der Waals surface area (Å²) in [5, 5.41) is 12.2. The second-order valence-electron chi connectivity index (χ2n) is 7.19. The number of pyridine rings is 1. The van der Waals surface area contributed by atoms with E-state index >= 15 is 0 Å². The van der Waals surface area contributed by atoms with Crippen LogP contribution >= 0.6 is 24.0 Å². The summed E-state index contributed by atoms with van der Waals surface area (Å²) in [5.41, 5.74) is 1.35. The van der Waals surface area contributed by atoms with Crippen LogP contribution < -0.4 is 10.9 Å². The number of ether oxygens (including phenoxy) is 1. The standard InChI is InChI=1S/C20H22N4O4S2/c1-12-4-5-16-22-17(21-6-7-25)14(18(26)23(16)10-12)9-15-19(27)24(20(29)30-15)11-13-3-2-8-28-13/h4-5,9-10,13,21,25H,2-3,6-8,11H2,1H3/b15-9+/t13-/m0/s1.